The van der Waals surface area contributed by atoms with Gasteiger partial charge in [-0.05, 0) is 31.2 Å². The summed E-state index contributed by atoms with van der Waals surface area (Å²) < 4.78 is 5.47. The second-order valence-corrected chi connectivity index (χ2v) is 8.48. The highest BCUT2D eigenvalue weighted by Gasteiger charge is 2.42. The lowest BCUT2D eigenvalue weighted by Gasteiger charge is -2.45. The van der Waals surface area contributed by atoms with Gasteiger partial charge in [0.25, 0.3) is 0 Å². The largest absolute Gasteiger partial charge is 0.465 e. The zero-order valence-corrected chi connectivity index (χ0v) is 18.7. The minimum atomic E-state index is -0.609. The molecule has 0 fully saturated rings. The van der Waals surface area contributed by atoms with Crippen LogP contribution in [0.5, 0.6) is 0 Å². The van der Waals surface area contributed by atoms with E-state index in [0.717, 1.165) is 11.1 Å². The van der Waals surface area contributed by atoms with Gasteiger partial charge in [0.15, 0.2) is 0 Å². The number of benzene rings is 2. The Morgan fingerprint density at radius 2 is 1.67 bits per heavy atom. The predicted molar refractivity (Wildman–Crippen MR) is 121 cm³/mol. The smallest absolute Gasteiger partial charge is 0.302 e. The van der Waals surface area contributed by atoms with Gasteiger partial charge in [0.05, 0.1) is 6.61 Å². The van der Waals surface area contributed by atoms with Crippen molar-refractivity contribution >= 4 is 17.4 Å². The number of ketones is 1. The Morgan fingerprint density at radius 3 is 2.23 bits per heavy atom. The molecule has 5 nitrogen and oxygen atoms in total. The molecule has 0 aliphatic rings. The fraction of sp³-hybridized carbons (Fsp3) is 0.440. The van der Waals surface area contributed by atoms with Crippen LogP contribution in [-0.4, -0.2) is 35.8 Å². The van der Waals surface area contributed by atoms with Crippen LogP contribution in [0.15, 0.2) is 54.6 Å². The Kier molecular flexibility index (Phi) is 8.18. The van der Waals surface area contributed by atoms with Crippen molar-refractivity contribution in [2.75, 3.05) is 19.4 Å². The van der Waals surface area contributed by atoms with E-state index in [1.807, 2.05) is 63.4 Å². The molecule has 0 saturated carbocycles. The Balaban J connectivity index is 2.51. The molecule has 2 N–H and O–H groups in total. The third-order valence-electron chi connectivity index (χ3n) is 5.89. The maximum atomic E-state index is 12.9. The first-order chi connectivity index (χ1) is 14.1. The third kappa shape index (κ3) is 5.92. The van der Waals surface area contributed by atoms with Gasteiger partial charge >= 0.3 is 5.97 Å². The summed E-state index contributed by atoms with van der Waals surface area (Å²) in [6.07, 6.45) is 0.328. The van der Waals surface area contributed by atoms with Gasteiger partial charge in [0, 0.05) is 43.0 Å². The normalized spacial score (nSPS) is 14.4. The topological polar surface area (TPSA) is 72.6 Å². The molecule has 0 radical (unpaired) electrons. The average molecular weight is 411 g/mol. The van der Waals surface area contributed by atoms with Crippen molar-refractivity contribution in [1.82, 2.24) is 4.90 Å². The molecule has 0 aliphatic heterocycles. The zero-order chi connectivity index (χ0) is 22.3. The standard InChI is InChI=1S/C25H34N2O3/c1-18(2)24(29)15-25(4,27(5)16-20-11-7-6-8-12-20)22(17-30-19(3)28)21-13-9-10-14-23(21)26/h6-14,18,22H,15-17,26H2,1-5H3. The third-order valence-corrected chi connectivity index (χ3v) is 5.89. The molecule has 2 atom stereocenters. The minimum Gasteiger partial charge on any atom is -0.465 e. The van der Waals surface area contributed by atoms with Crippen LogP contribution in [0.25, 0.3) is 0 Å². The lowest BCUT2D eigenvalue weighted by Crippen LogP contribution is -2.51. The molecule has 30 heavy (non-hydrogen) atoms. The van der Waals surface area contributed by atoms with Crippen LogP contribution in [0.1, 0.15) is 51.2 Å². The molecule has 0 aliphatic carbocycles. The molecular weight excluding hydrogens is 376 g/mol. The number of nitrogens with two attached hydrogens (primary N) is 1. The van der Waals surface area contributed by atoms with E-state index in [9.17, 15) is 9.59 Å². The maximum Gasteiger partial charge on any atom is 0.302 e. The SMILES string of the molecule is CC(=O)OCC(c1ccccc1N)C(C)(CC(=O)C(C)C)N(C)Cc1ccccc1. The zero-order valence-electron chi connectivity index (χ0n) is 18.7. The van der Waals surface area contributed by atoms with Crippen molar-refractivity contribution in [3.63, 3.8) is 0 Å². The quantitative estimate of drug-likeness (QED) is 0.464. The van der Waals surface area contributed by atoms with E-state index < -0.39 is 5.54 Å². The van der Waals surface area contributed by atoms with Crippen molar-refractivity contribution in [1.29, 1.82) is 0 Å². The summed E-state index contributed by atoms with van der Waals surface area (Å²) >= 11 is 0. The predicted octanol–water partition coefficient (Wildman–Crippen LogP) is 4.42. The summed E-state index contributed by atoms with van der Waals surface area (Å²) in [7, 11) is 2.01. The van der Waals surface area contributed by atoms with Crippen molar-refractivity contribution < 1.29 is 14.3 Å². The Morgan fingerprint density at radius 1 is 1.07 bits per heavy atom. The molecule has 2 unspecified atom stereocenters. The van der Waals surface area contributed by atoms with E-state index in [1.54, 1.807) is 0 Å². The van der Waals surface area contributed by atoms with E-state index in [1.165, 1.54) is 6.92 Å². The van der Waals surface area contributed by atoms with Gasteiger partial charge in [0.1, 0.15) is 5.78 Å². The van der Waals surface area contributed by atoms with E-state index in [0.29, 0.717) is 18.7 Å². The molecule has 0 saturated heterocycles. The number of nitrogens with zero attached hydrogens (tertiary/aromatic N) is 1. The fourth-order valence-electron chi connectivity index (χ4n) is 3.75. The Labute approximate surface area is 180 Å². The number of hydrogen-bond donors (Lipinski definition) is 1. The summed E-state index contributed by atoms with van der Waals surface area (Å²) in [6, 6.07) is 17.7. The molecule has 0 amide bonds. The number of likely N-dealkylation sites (N-methyl/N-ethyl adjacent to an activating group) is 1. The van der Waals surface area contributed by atoms with Crippen molar-refractivity contribution in [3.05, 3.63) is 65.7 Å². The first kappa shape index (κ1) is 23.6. The van der Waals surface area contributed by atoms with Gasteiger partial charge in [-0.25, -0.2) is 0 Å². The highest BCUT2D eigenvalue weighted by Crippen LogP contribution is 2.39. The number of rotatable bonds is 10. The molecule has 5 heteroatoms. The van der Waals surface area contributed by atoms with E-state index in [4.69, 9.17) is 10.5 Å². The van der Waals surface area contributed by atoms with Crippen LogP contribution in [0.3, 0.4) is 0 Å². The lowest BCUT2D eigenvalue weighted by atomic mass is 9.74. The number of anilines is 1. The summed E-state index contributed by atoms with van der Waals surface area (Å²) in [4.78, 5) is 26.7. The van der Waals surface area contributed by atoms with E-state index in [2.05, 4.69) is 24.0 Å². The van der Waals surface area contributed by atoms with Crippen LogP contribution in [0, 0.1) is 5.92 Å². The minimum absolute atomic E-state index is 0.0862. The summed E-state index contributed by atoms with van der Waals surface area (Å²) in [5.74, 6) is -0.534. The molecule has 0 aromatic heterocycles. The number of esters is 1. The molecule has 162 valence electrons. The van der Waals surface area contributed by atoms with Crippen LogP contribution >= 0.6 is 0 Å². The Hall–Kier alpha value is -2.66. The highest BCUT2D eigenvalue weighted by molar-refractivity contribution is 5.81. The second kappa shape index (κ2) is 10.4. The first-order valence-corrected chi connectivity index (χ1v) is 10.4. The van der Waals surface area contributed by atoms with Gasteiger partial charge in [0.2, 0.25) is 0 Å². The number of nitrogen functional groups attached to an aromatic ring is 1. The van der Waals surface area contributed by atoms with Crippen LogP contribution in [0.4, 0.5) is 5.69 Å². The Bertz CT molecular complexity index is 850. The van der Waals surface area contributed by atoms with Crippen molar-refractivity contribution in [3.8, 4) is 0 Å². The molecule has 2 rings (SSSR count). The van der Waals surface area contributed by atoms with E-state index in [-0.39, 0.29) is 30.2 Å². The second-order valence-electron chi connectivity index (χ2n) is 8.48. The van der Waals surface area contributed by atoms with E-state index >= 15 is 0 Å². The van der Waals surface area contributed by atoms with Crippen LogP contribution < -0.4 is 5.73 Å². The van der Waals surface area contributed by atoms with Crippen molar-refractivity contribution in [2.45, 2.75) is 52.1 Å². The summed E-state index contributed by atoms with van der Waals surface area (Å²) in [6.45, 7) is 8.11. The molecule has 0 spiro atoms. The average Bonchev–Trinajstić information content (AvgIpc) is 2.69. The van der Waals surface area contributed by atoms with Crippen LogP contribution in [-0.2, 0) is 20.9 Å². The fourth-order valence-corrected chi connectivity index (χ4v) is 3.75. The molecule has 0 bridgehead atoms. The monoisotopic (exact) mass is 410 g/mol. The number of carbonyl (C=O) groups is 2. The number of carbonyl (C=O) groups excluding carboxylic acids is 2. The van der Waals surface area contributed by atoms with Gasteiger partial charge in [-0.2, -0.15) is 0 Å². The van der Waals surface area contributed by atoms with Gasteiger partial charge in [-0.15, -0.1) is 0 Å². The lowest BCUT2D eigenvalue weighted by molar-refractivity contribution is -0.142. The molecular formula is C25H34N2O3. The number of Topliss-reactive ketones (excluding diaryl/α,β-unsaturated/α-hetero) is 1. The highest BCUT2D eigenvalue weighted by atomic mass is 16.5. The maximum absolute atomic E-state index is 12.9. The number of para-hydroxylation sites is 1. The molecule has 2 aromatic carbocycles. The molecule has 2 aromatic rings. The van der Waals surface area contributed by atoms with Crippen LogP contribution in [0.2, 0.25) is 0 Å². The molecule has 0 heterocycles. The number of ether oxygens (including phenoxy) is 1. The van der Waals surface area contributed by atoms with Gasteiger partial charge < -0.3 is 10.5 Å². The number of hydrogen-bond acceptors (Lipinski definition) is 5. The van der Waals surface area contributed by atoms with Gasteiger partial charge in [-0.1, -0.05) is 62.4 Å². The first-order valence-electron chi connectivity index (χ1n) is 10.4. The summed E-state index contributed by atoms with van der Waals surface area (Å²) in [5, 5.41) is 0. The van der Waals surface area contributed by atoms with Crippen molar-refractivity contribution in [2.24, 2.45) is 5.92 Å². The van der Waals surface area contributed by atoms with Gasteiger partial charge in [-0.3, -0.25) is 14.5 Å². The summed E-state index contributed by atoms with van der Waals surface area (Å²) in [5.41, 5.74) is 8.38.